The molecule has 0 aliphatic carbocycles. The summed E-state index contributed by atoms with van der Waals surface area (Å²) in [6.07, 6.45) is 2.83. The summed E-state index contributed by atoms with van der Waals surface area (Å²) in [6, 6.07) is 16.5. The lowest BCUT2D eigenvalue weighted by atomic mass is 10.1. The zero-order valence-corrected chi connectivity index (χ0v) is 15.6. The molecule has 0 radical (unpaired) electrons. The van der Waals surface area contributed by atoms with Crippen LogP contribution in [0.1, 0.15) is 5.56 Å². The second-order valence-electron chi connectivity index (χ2n) is 6.22. The predicted octanol–water partition coefficient (Wildman–Crippen LogP) is 3.71. The second kappa shape index (κ2) is 7.84. The number of rotatable bonds is 5. The van der Waals surface area contributed by atoms with Crippen LogP contribution in [-0.4, -0.2) is 40.7 Å². The van der Waals surface area contributed by atoms with E-state index in [9.17, 15) is 14.7 Å². The third kappa shape index (κ3) is 3.81. The first-order valence-electron chi connectivity index (χ1n) is 8.58. The van der Waals surface area contributed by atoms with Gasteiger partial charge in [0.1, 0.15) is 22.9 Å². The van der Waals surface area contributed by atoms with E-state index in [1.54, 1.807) is 30.3 Å². The molecule has 0 spiro atoms. The van der Waals surface area contributed by atoms with Crippen LogP contribution in [0.3, 0.4) is 0 Å². The summed E-state index contributed by atoms with van der Waals surface area (Å²) in [5.74, 6) is 0.0971. The van der Waals surface area contributed by atoms with Crippen molar-refractivity contribution >= 4 is 17.8 Å². The second-order valence-corrected chi connectivity index (χ2v) is 6.22. The standard InChI is InChI=1S/C22H20N2O4/c1-15-23(2)21(26)20(22(27)24(15)3)19(25)14-11-16-9-12-18(13-10-16)28-17-7-5-4-6-8-17/h4-14,26H,1H2,2-3H3/b14-11+. The Bertz CT molecular complexity index is 975. The lowest BCUT2D eigenvalue weighted by molar-refractivity contribution is -0.129. The minimum atomic E-state index is -0.596. The van der Waals surface area contributed by atoms with Gasteiger partial charge in [0.25, 0.3) is 5.91 Å². The average Bonchev–Trinajstić information content (AvgIpc) is 2.71. The number of hydrogen-bond donors (Lipinski definition) is 1. The number of para-hydroxylation sites is 1. The molecule has 0 fully saturated rings. The van der Waals surface area contributed by atoms with Crippen molar-refractivity contribution in [3.05, 3.63) is 90.1 Å². The molecule has 0 saturated heterocycles. The lowest BCUT2D eigenvalue weighted by Crippen LogP contribution is -2.42. The number of aliphatic hydroxyl groups excluding tert-OH is 1. The Balaban J connectivity index is 1.74. The lowest BCUT2D eigenvalue weighted by Gasteiger charge is -2.33. The van der Waals surface area contributed by atoms with E-state index in [1.165, 1.54) is 30.0 Å². The smallest absolute Gasteiger partial charge is 0.268 e. The number of carbonyl (C=O) groups is 2. The van der Waals surface area contributed by atoms with Crippen molar-refractivity contribution in [1.29, 1.82) is 0 Å². The van der Waals surface area contributed by atoms with Gasteiger partial charge in [-0.05, 0) is 35.9 Å². The Morgan fingerprint density at radius 3 is 2.25 bits per heavy atom. The third-order valence-corrected chi connectivity index (χ3v) is 4.37. The van der Waals surface area contributed by atoms with Gasteiger partial charge in [-0.25, -0.2) is 0 Å². The molecule has 1 aliphatic heterocycles. The average molecular weight is 376 g/mol. The van der Waals surface area contributed by atoms with Crippen LogP contribution in [0.5, 0.6) is 11.5 Å². The van der Waals surface area contributed by atoms with E-state index >= 15 is 0 Å². The summed E-state index contributed by atoms with van der Waals surface area (Å²) in [7, 11) is 3.03. The highest BCUT2D eigenvalue weighted by Gasteiger charge is 2.34. The fourth-order valence-corrected chi connectivity index (χ4v) is 2.64. The van der Waals surface area contributed by atoms with Crippen LogP contribution in [0.2, 0.25) is 0 Å². The molecule has 1 amide bonds. The van der Waals surface area contributed by atoms with Crippen LogP contribution in [0.15, 0.2) is 84.5 Å². The first kappa shape index (κ1) is 19.0. The van der Waals surface area contributed by atoms with Crippen LogP contribution >= 0.6 is 0 Å². The van der Waals surface area contributed by atoms with E-state index in [0.717, 1.165) is 11.3 Å². The molecule has 3 rings (SSSR count). The minimum absolute atomic E-state index is 0.289. The van der Waals surface area contributed by atoms with Crippen LogP contribution in [0.25, 0.3) is 6.08 Å². The largest absolute Gasteiger partial charge is 0.494 e. The van der Waals surface area contributed by atoms with Gasteiger partial charge in [0.05, 0.1) is 0 Å². The quantitative estimate of drug-likeness (QED) is 0.636. The number of amides is 1. The van der Waals surface area contributed by atoms with E-state index in [-0.39, 0.29) is 11.4 Å². The van der Waals surface area contributed by atoms with Crippen molar-refractivity contribution in [2.75, 3.05) is 14.1 Å². The molecule has 1 aliphatic rings. The van der Waals surface area contributed by atoms with E-state index in [4.69, 9.17) is 4.74 Å². The molecule has 28 heavy (non-hydrogen) atoms. The van der Waals surface area contributed by atoms with Crippen LogP contribution in [0, 0.1) is 0 Å². The summed E-state index contributed by atoms with van der Waals surface area (Å²) in [5.41, 5.74) is 0.459. The van der Waals surface area contributed by atoms with Gasteiger partial charge in [-0.2, -0.15) is 0 Å². The molecule has 142 valence electrons. The van der Waals surface area contributed by atoms with Gasteiger partial charge in [-0.15, -0.1) is 0 Å². The number of nitrogens with zero attached hydrogens (tertiary/aromatic N) is 2. The van der Waals surface area contributed by atoms with Gasteiger partial charge in [-0.3, -0.25) is 14.5 Å². The van der Waals surface area contributed by atoms with Crippen molar-refractivity contribution in [1.82, 2.24) is 9.80 Å². The molecule has 2 aromatic carbocycles. The Morgan fingerprint density at radius 2 is 1.61 bits per heavy atom. The Morgan fingerprint density at radius 1 is 1.00 bits per heavy atom. The fourth-order valence-electron chi connectivity index (χ4n) is 2.64. The minimum Gasteiger partial charge on any atom is -0.494 e. The molecule has 6 nitrogen and oxygen atoms in total. The third-order valence-electron chi connectivity index (χ3n) is 4.37. The monoisotopic (exact) mass is 376 g/mol. The van der Waals surface area contributed by atoms with Gasteiger partial charge in [0, 0.05) is 14.1 Å². The highest BCUT2D eigenvalue weighted by molar-refractivity contribution is 6.25. The van der Waals surface area contributed by atoms with Crippen LogP contribution < -0.4 is 4.74 Å². The normalized spacial score (nSPS) is 14.8. The van der Waals surface area contributed by atoms with Crippen molar-refractivity contribution in [3.8, 4) is 11.5 Å². The van der Waals surface area contributed by atoms with Crippen molar-refractivity contribution in [3.63, 3.8) is 0 Å². The van der Waals surface area contributed by atoms with E-state index in [0.29, 0.717) is 5.75 Å². The maximum atomic E-state index is 12.5. The SMILES string of the molecule is C=C1N(C)C(=O)C(C(=O)/C=C/c2ccc(Oc3ccccc3)cc2)=C(O)N1C. The van der Waals surface area contributed by atoms with Crippen LogP contribution in [0.4, 0.5) is 0 Å². The number of benzene rings is 2. The van der Waals surface area contributed by atoms with Gasteiger partial charge < -0.3 is 14.7 Å². The zero-order valence-electron chi connectivity index (χ0n) is 15.6. The fraction of sp³-hybridized carbons (Fsp3) is 0.0909. The molecule has 1 heterocycles. The molecular formula is C22H20N2O4. The topological polar surface area (TPSA) is 70.1 Å². The number of hydrogen-bond acceptors (Lipinski definition) is 5. The molecule has 2 aromatic rings. The van der Waals surface area contributed by atoms with Crippen molar-refractivity contribution < 1.29 is 19.4 Å². The van der Waals surface area contributed by atoms with Gasteiger partial charge in [-0.1, -0.05) is 43.0 Å². The van der Waals surface area contributed by atoms with E-state index in [1.807, 2.05) is 30.3 Å². The highest BCUT2D eigenvalue weighted by Crippen LogP contribution is 2.24. The summed E-state index contributed by atoms with van der Waals surface area (Å²) in [4.78, 5) is 27.3. The Labute approximate surface area is 163 Å². The molecule has 0 saturated carbocycles. The summed E-state index contributed by atoms with van der Waals surface area (Å²) in [5, 5.41) is 10.2. The predicted molar refractivity (Wildman–Crippen MR) is 106 cm³/mol. The summed E-state index contributed by atoms with van der Waals surface area (Å²) in [6.45, 7) is 3.70. The number of carbonyl (C=O) groups excluding carboxylic acids is 2. The maximum Gasteiger partial charge on any atom is 0.268 e. The number of likely N-dealkylation sites (N-methyl/N-ethyl adjacent to an activating group) is 1. The van der Waals surface area contributed by atoms with E-state index < -0.39 is 17.6 Å². The van der Waals surface area contributed by atoms with Crippen molar-refractivity contribution in [2.45, 2.75) is 0 Å². The number of aliphatic hydroxyl groups is 1. The molecule has 6 heteroatoms. The highest BCUT2D eigenvalue weighted by atomic mass is 16.5. The number of ether oxygens (including phenoxy) is 1. The molecule has 0 atom stereocenters. The van der Waals surface area contributed by atoms with Gasteiger partial charge in [0.15, 0.2) is 5.78 Å². The summed E-state index contributed by atoms with van der Waals surface area (Å²) < 4.78 is 5.72. The zero-order chi connectivity index (χ0) is 20.3. The Kier molecular flexibility index (Phi) is 5.31. The molecule has 0 bridgehead atoms. The molecule has 0 unspecified atom stereocenters. The number of allylic oxidation sites excluding steroid dienone is 1. The van der Waals surface area contributed by atoms with Gasteiger partial charge >= 0.3 is 0 Å². The molecule has 0 aromatic heterocycles. The van der Waals surface area contributed by atoms with Gasteiger partial charge in [0.2, 0.25) is 5.88 Å². The first-order chi connectivity index (χ1) is 13.4. The summed E-state index contributed by atoms with van der Waals surface area (Å²) >= 11 is 0. The van der Waals surface area contributed by atoms with Crippen LogP contribution in [-0.2, 0) is 9.59 Å². The van der Waals surface area contributed by atoms with E-state index in [2.05, 4.69) is 6.58 Å². The van der Waals surface area contributed by atoms with Crippen molar-refractivity contribution in [2.24, 2.45) is 0 Å². The first-order valence-corrected chi connectivity index (χ1v) is 8.58. The molecule has 1 N–H and O–H groups in total. The number of ketones is 1. The maximum absolute atomic E-state index is 12.5. The Hall–Kier alpha value is -3.80. The molecular weight excluding hydrogens is 356 g/mol.